The molecule has 0 bridgehead atoms. The number of amides is 3. The molecule has 0 unspecified atom stereocenters. The number of nitrogens with zero attached hydrogens (tertiary/aromatic N) is 3. The minimum absolute atomic E-state index is 0.0274. The van der Waals surface area contributed by atoms with Crippen molar-refractivity contribution in [3.05, 3.63) is 17.5 Å². The highest BCUT2D eigenvalue weighted by Gasteiger charge is 2.48. The molecule has 1 aliphatic heterocycles. The first kappa shape index (κ1) is 21.3. The molecular formula is C21H33N5O3. The molecule has 1 aromatic heterocycles. The molecule has 2 N–H and O–H groups in total. The minimum Gasteiger partial charge on any atom is -0.351 e. The molecule has 0 saturated heterocycles. The number of hydrogen-bond acceptors (Lipinski definition) is 4. The van der Waals surface area contributed by atoms with Gasteiger partial charge in [-0.05, 0) is 40.0 Å². The van der Waals surface area contributed by atoms with Crippen molar-refractivity contribution in [3.63, 3.8) is 0 Å². The maximum Gasteiger partial charge on any atom is 0.273 e. The summed E-state index contributed by atoms with van der Waals surface area (Å²) in [6, 6.07) is 1.68. The molecule has 0 radical (unpaired) electrons. The van der Waals surface area contributed by atoms with Crippen molar-refractivity contribution in [1.29, 1.82) is 0 Å². The Bertz CT molecular complexity index is 781. The molecule has 8 heteroatoms. The third kappa shape index (κ3) is 4.31. The number of hydrogen-bond donors (Lipinski definition) is 2. The first-order chi connectivity index (χ1) is 13.8. The van der Waals surface area contributed by atoms with Crippen LogP contribution in [-0.4, -0.2) is 56.6 Å². The number of aromatic nitrogens is 2. The number of unbranched alkanes of at least 4 members (excludes halogenated alkanes) is 1. The zero-order valence-corrected chi connectivity index (χ0v) is 18.0. The van der Waals surface area contributed by atoms with Crippen LogP contribution in [0.1, 0.15) is 87.2 Å². The molecule has 0 aromatic carbocycles. The quantitative estimate of drug-likeness (QED) is 0.729. The second-order valence-corrected chi connectivity index (χ2v) is 8.74. The standard InChI is InChI=1S/C21H33N5O3/c1-5-6-11-25-19(28)17-12-16(18(27)22-14(2)3)24-26(17)13-21(25,4)20(29)23-15-9-7-8-10-15/h12,14-15H,5-11,13H2,1-4H3,(H,22,27)(H,23,29)/t21-/m0/s1. The highest BCUT2D eigenvalue weighted by molar-refractivity contribution is 6.02. The molecule has 29 heavy (non-hydrogen) atoms. The van der Waals surface area contributed by atoms with E-state index >= 15 is 0 Å². The molecular weight excluding hydrogens is 370 g/mol. The van der Waals surface area contributed by atoms with Gasteiger partial charge in [-0.25, -0.2) is 0 Å². The van der Waals surface area contributed by atoms with Crippen LogP contribution in [0.15, 0.2) is 6.07 Å². The van der Waals surface area contributed by atoms with Crippen LogP contribution >= 0.6 is 0 Å². The number of carbonyl (C=O) groups is 3. The molecule has 1 aromatic rings. The Balaban J connectivity index is 1.90. The van der Waals surface area contributed by atoms with E-state index in [1.807, 2.05) is 20.8 Å². The van der Waals surface area contributed by atoms with Crippen LogP contribution in [-0.2, 0) is 11.3 Å². The van der Waals surface area contributed by atoms with Crippen LogP contribution in [0, 0.1) is 0 Å². The van der Waals surface area contributed by atoms with E-state index in [9.17, 15) is 14.4 Å². The van der Waals surface area contributed by atoms with E-state index in [4.69, 9.17) is 0 Å². The zero-order valence-electron chi connectivity index (χ0n) is 18.0. The maximum atomic E-state index is 13.3. The lowest BCUT2D eigenvalue weighted by Crippen LogP contribution is -2.65. The molecule has 8 nitrogen and oxygen atoms in total. The third-order valence-corrected chi connectivity index (χ3v) is 5.86. The number of rotatable bonds is 7. The molecule has 3 amide bonds. The van der Waals surface area contributed by atoms with E-state index in [-0.39, 0.29) is 42.0 Å². The lowest BCUT2D eigenvalue weighted by molar-refractivity contribution is -0.133. The highest BCUT2D eigenvalue weighted by Crippen LogP contribution is 2.29. The first-order valence-electron chi connectivity index (χ1n) is 10.8. The number of fused-ring (bicyclic) bond motifs is 1. The SMILES string of the molecule is CCCCN1C(=O)c2cc(C(=O)NC(C)C)nn2C[C@@]1(C)C(=O)NC1CCCC1. The van der Waals surface area contributed by atoms with Gasteiger partial charge in [0.05, 0.1) is 6.54 Å². The largest absolute Gasteiger partial charge is 0.351 e. The summed E-state index contributed by atoms with van der Waals surface area (Å²) >= 11 is 0. The summed E-state index contributed by atoms with van der Waals surface area (Å²) in [5.74, 6) is -0.694. The summed E-state index contributed by atoms with van der Waals surface area (Å²) in [6.45, 7) is 8.35. The van der Waals surface area contributed by atoms with Crippen molar-refractivity contribution >= 4 is 17.7 Å². The summed E-state index contributed by atoms with van der Waals surface area (Å²) < 4.78 is 1.52. The fraction of sp³-hybridized carbons (Fsp3) is 0.714. The second-order valence-electron chi connectivity index (χ2n) is 8.74. The molecule has 1 aliphatic carbocycles. The third-order valence-electron chi connectivity index (χ3n) is 5.86. The van der Waals surface area contributed by atoms with Crippen LogP contribution in [0.3, 0.4) is 0 Å². The van der Waals surface area contributed by atoms with E-state index in [1.165, 1.54) is 10.7 Å². The van der Waals surface area contributed by atoms with Crippen LogP contribution < -0.4 is 10.6 Å². The van der Waals surface area contributed by atoms with Gasteiger partial charge in [0.1, 0.15) is 11.2 Å². The number of nitrogens with one attached hydrogen (secondary N) is 2. The number of carbonyl (C=O) groups excluding carboxylic acids is 3. The summed E-state index contributed by atoms with van der Waals surface area (Å²) in [6.07, 6.45) is 5.95. The smallest absolute Gasteiger partial charge is 0.273 e. The van der Waals surface area contributed by atoms with Crippen LogP contribution in [0.2, 0.25) is 0 Å². The van der Waals surface area contributed by atoms with E-state index in [0.29, 0.717) is 12.2 Å². The normalized spacial score (nSPS) is 22.1. The Labute approximate surface area is 172 Å². The van der Waals surface area contributed by atoms with Crippen molar-refractivity contribution in [2.24, 2.45) is 0 Å². The molecule has 0 spiro atoms. The average molecular weight is 404 g/mol. The Kier molecular flexibility index (Phi) is 6.29. The fourth-order valence-electron chi connectivity index (χ4n) is 4.17. The van der Waals surface area contributed by atoms with Crippen molar-refractivity contribution in [2.45, 2.75) is 90.4 Å². The van der Waals surface area contributed by atoms with E-state index in [0.717, 1.165) is 38.5 Å². The molecule has 2 heterocycles. The lowest BCUT2D eigenvalue weighted by Gasteiger charge is -2.43. The average Bonchev–Trinajstić information content (AvgIpc) is 3.30. The monoisotopic (exact) mass is 403 g/mol. The van der Waals surface area contributed by atoms with Gasteiger partial charge in [-0.15, -0.1) is 0 Å². The predicted molar refractivity (Wildman–Crippen MR) is 110 cm³/mol. The molecule has 1 saturated carbocycles. The van der Waals surface area contributed by atoms with Crippen LogP contribution in [0.5, 0.6) is 0 Å². The second kappa shape index (κ2) is 8.55. The van der Waals surface area contributed by atoms with E-state index in [2.05, 4.69) is 22.7 Å². The van der Waals surface area contributed by atoms with Crippen LogP contribution in [0.25, 0.3) is 0 Å². The summed E-state index contributed by atoms with van der Waals surface area (Å²) in [5, 5.41) is 10.3. The van der Waals surface area contributed by atoms with E-state index in [1.54, 1.807) is 4.90 Å². The van der Waals surface area contributed by atoms with Gasteiger partial charge in [-0.1, -0.05) is 26.2 Å². The Hall–Kier alpha value is -2.38. The molecule has 3 rings (SSSR count). The first-order valence-corrected chi connectivity index (χ1v) is 10.8. The summed E-state index contributed by atoms with van der Waals surface area (Å²) in [4.78, 5) is 40.6. The van der Waals surface area contributed by atoms with Gasteiger partial charge >= 0.3 is 0 Å². The zero-order chi connectivity index (χ0) is 21.2. The lowest BCUT2D eigenvalue weighted by atomic mass is 9.94. The van der Waals surface area contributed by atoms with Crippen molar-refractivity contribution in [2.75, 3.05) is 6.54 Å². The molecule has 1 fully saturated rings. The molecule has 1 atom stereocenters. The maximum absolute atomic E-state index is 13.3. The van der Waals surface area contributed by atoms with Gasteiger partial charge < -0.3 is 15.5 Å². The minimum atomic E-state index is -1.03. The van der Waals surface area contributed by atoms with Crippen molar-refractivity contribution < 1.29 is 14.4 Å². The topological polar surface area (TPSA) is 96.3 Å². The Morgan fingerprint density at radius 2 is 2.00 bits per heavy atom. The van der Waals surface area contributed by atoms with Crippen LogP contribution in [0.4, 0.5) is 0 Å². The molecule has 160 valence electrons. The van der Waals surface area contributed by atoms with Gasteiger partial charge in [0, 0.05) is 24.7 Å². The predicted octanol–water partition coefficient (Wildman–Crippen LogP) is 2.09. The van der Waals surface area contributed by atoms with Gasteiger partial charge in [-0.3, -0.25) is 19.1 Å². The van der Waals surface area contributed by atoms with Gasteiger partial charge in [-0.2, -0.15) is 5.10 Å². The summed E-state index contributed by atoms with van der Waals surface area (Å²) in [7, 11) is 0. The Morgan fingerprint density at radius 1 is 1.31 bits per heavy atom. The van der Waals surface area contributed by atoms with Gasteiger partial charge in [0.25, 0.3) is 11.8 Å². The van der Waals surface area contributed by atoms with Gasteiger partial charge in [0.15, 0.2) is 5.69 Å². The van der Waals surface area contributed by atoms with Gasteiger partial charge in [0.2, 0.25) is 5.91 Å². The highest BCUT2D eigenvalue weighted by atomic mass is 16.2. The van der Waals surface area contributed by atoms with Crippen molar-refractivity contribution in [3.8, 4) is 0 Å². The Morgan fingerprint density at radius 3 is 2.62 bits per heavy atom. The van der Waals surface area contributed by atoms with E-state index < -0.39 is 5.54 Å². The molecule has 2 aliphatic rings. The summed E-state index contributed by atoms with van der Waals surface area (Å²) in [5.41, 5.74) is -0.460. The fourth-order valence-corrected chi connectivity index (χ4v) is 4.17. The van der Waals surface area contributed by atoms with Crippen molar-refractivity contribution in [1.82, 2.24) is 25.3 Å².